The first-order chi connectivity index (χ1) is 13.1. The fraction of sp³-hybridized carbons (Fsp3) is 0.619. The highest BCUT2D eigenvalue weighted by molar-refractivity contribution is 5.80. The highest BCUT2D eigenvalue weighted by Crippen LogP contribution is 2.39. The SMILES string of the molecule is O=C(CN1C(C(=O)O)CC2CCCCC21)NCCN1CCc2ccccc21. The number of nitrogens with one attached hydrogen (secondary N) is 1. The summed E-state index contributed by atoms with van der Waals surface area (Å²) in [6, 6.07) is 8.17. The first kappa shape index (κ1) is 18.3. The molecule has 0 bridgehead atoms. The van der Waals surface area contributed by atoms with E-state index in [1.807, 2.05) is 4.90 Å². The van der Waals surface area contributed by atoms with Crippen LogP contribution in [0.15, 0.2) is 24.3 Å². The Hall–Kier alpha value is -2.08. The minimum absolute atomic E-state index is 0.0556. The third kappa shape index (κ3) is 3.81. The smallest absolute Gasteiger partial charge is 0.320 e. The maximum atomic E-state index is 12.5. The molecule has 2 heterocycles. The average Bonchev–Trinajstić information content (AvgIpc) is 3.24. The molecule has 0 spiro atoms. The van der Waals surface area contributed by atoms with Crippen LogP contribution in [0.5, 0.6) is 0 Å². The van der Waals surface area contributed by atoms with E-state index in [1.54, 1.807) is 0 Å². The van der Waals surface area contributed by atoms with Crippen molar-refractivity contribution in [1.82, 2.24) is 10.2 Å². The van der Waals surface area contributed by atoms with Gasteiger partial charge in [0.2, 0.25) is 5.91 Å². The van der Waals surface area contributed by atoms with E-state index in [2.05, 4.69) is 34.5 Å². The number of fused-ring (bicyclic) bond motifs is 2. The number of carboxylic acid groups (broad SMARTS) is 1. The third-order valence-corrected chi connectivity index (χ3v) is 6.52. The van der Waals surface area contributed by atoms with Crippen LogP contribution in [0.25, 0.3) is 0 Å². The minimum atomic E-state index is -0.786. The number of carbonyl (C=O) groups is 2. The van der Waals surface area contributed by atoms with Gasteiger partial charge in [-0.3, -0.25) is 14.5 Å². The van der Waals surface area contributed by atoms with Gasteiger partial charge in [-0.05, 0) is 43.2 Å². The van der Waals surface area contributed by atoms with Crippen LogP contribution in [0.4, 0.5) is 5.69 Å². The van der Waals surface area contributed by atoms with Gasteiger partial charge in [-0.15, -0.1) is 0 Å². The molecule has 6 heteroatoms. The van der Waals surface area contributed by atoms with Crippen molar-refractivity contribution >= 4 is 17.6 Å². The van der Waals surface area contributed by atoms with Crippen molar-refractivity contribution in [3.05, 3.63) is 29.8 Å². The molecule has 1 saturated heterocycles. The van der Waals surface area contributed by atoms with E-state index in [1.165, 1.54) is 17.7 Å². The molecular formula is C21H29N3O3. The summed E-state index contributed by atoms with van der Waals surface area (Å²) in [5, 5.41) is 12.6. The highest BCUT2D eigenvalue weighted by atomic mass is 16.4. The molecule has 3 aliphatic rings. The van der Waals surface area contributed by atoms with Gasteiger partial charge in [0, 0.05) is 31.4 Å². The van der Waals surface area contributed by atoms with Crippen molar-refractivity contribution < 1.29 is 14.7 Å². The number of hydrogen-bond acceptors (Lipinski definition) is 4. The Morgan fingerprint density at radius 1 is 1.19 bits per heavy atom. The molecule has 1 aromatic carbocycles. The zero-order valence-electron chi connectivity index (χ0n) is 15.8. The summed E-state index contributed by atoms with van der Waals surface area (Å²) < 4.78 is 0. The standard InChI is InChI=1S/C21H29N3O3/c25-20(22-10-12-23-11-9-15-5-1-3-7-17(15)23)14-24-18-8-4-2-6-16(18)13-19(24)21(26)27/h1,3,5,7,16,18-19H,2,4,6,8-14H2,(H,22,25)(H,26,27). The number of aliphatic carboxylic acids is 1. The van der Waals surface area contributed by atoms with Gasteiger partial charge >= 0.3 is 5.97 Å². The third-order valence-electron chi connectivity index (χ3n) is 6.52. The topological polar surface area (TPSA) is 72.9 Å². The van der Waals surface area contributed by atoms with Crippen molar-refractivity contribution in [2.75, 3.05) is 31.1 Å². The number of nitrogens with zero attached hydrogens (tertiary/aromatic N) is 2. The van der Waals surface area contributed by atoms with E-state index >= 15 is 0 Å². The van der Waals surface area contributed by atoms with Crippen LogP contribution in [0.1, 0.15) is 37.7 Å². The number of amides is 1. The van der Waals surface area contributed by atoms with Crippen LogP contribution < -0.4 is 10.2 Å². The molecule has 1 aromatic rings. The van der Waals surface area contributed by atoms with Crippen molar-refractivity contribution in [3.63, 3.8) is 0 Å². The van der Waals surface area contributed by atoms with E-state index in [4.69, 9.17) is 0 Å². The van der Waals surface area contributed by atoms with E-state index in [9.17, 15) is 14.7 Å². The molecular weight excluding hydrogens is 342 g/mol. The minimum Gasteiger partial charge on any atom is -0.480 e. The van der Waals surface area contributed by atoms with Crippen LogP contribution in [0.3, 0.4) is 0 Å². The van der Waals surface area contributed by atoms with Crippen LogP contribution >= 0.6 is 0 Å². The van der Waals surface area contributed by atoms with Crippen molar-refractivity contribution in [3.8, 4) is 0 Å². The Balaban J connectivity index is 1.29. The largest absolute Gasteiger partial charge is 0.480 e. The summed E-state index contributed by atoms with van der Waals surface area (Å²) in [7, 11) is 0. The van der Waals surface area contributed by atoms with E-state index in [0.29, 0.717) is 18.9 Å². The molecule has 0 aromatic heterocycles. The van der Waals surface area contributed by atoms with Crippen LogP contribution in [-0.4, -0.2) is 60.1 Å². The molecule has 1 amide bonds. The molecule has 2 N–H and O–H groups in total. The van der Waals surface area contributed by atoms with Crippen LogP contribution in [0.2, 0.25) is 0 Å². The van der Waals surface area contributed by atoms with Gasteiger partial charge in [-0.2, -0.15) is 0 Å². The fourth-order valence-corrected chi connectivity index (χ4v) is 5.21. The molecule has 0 radical (unpaired) electrons. The molecule has 2 aliphatic heterocycles. The lowest BCUT2D eigenvalue weighted by atomic mass is 9.85. The lowest BCUT2D eigenvalue weighted by Gasteiger charge is -2.32. The van der Waals surface area contributed by atoms with Crippen molar-refractivity contribution in [2.24, 2.45) is 5.92 Å². The Morgan fingerprint density at radius 3 is 2.85 bits per heavy atom. The number of hydrogen-bond donors (Lipinski definition) is 2. The number of likely N-dealkylation sites (tertiary alicyclic amines) is 1. The molecule has 2 fully saturated rings. The number of benzene rings is 1. The van der Waals surface area contributed by atoms with E-state index in [-0.39, 0.29) is 18.5 Å². The second kappa shape index (κ2) is 7.89. The number of para-hydroxylation sites is 1. The second-order valence-corrected chi connectivity index (χ2v) is 8.09. The summed E-state index contributed by atoms with van der Waals surface area (Å²) in [4.78, 5) is 28.4. The summed E-state index contributed by atoms with van der Waals surface area (Å²) in [6.07, 6.45) is 6.19. The predicted octanol–water partition coefficient (Wildman–Crippen LogP) is 1.88. The maximum Gasteiger partial charge on any atom is 0.320 e. The number of rotatable bonds is 6. The zero-order valence-corrected chi connectivity index (χ0v) is 15.8. The van der Waals surface area contributed by atoms with E-state index in [0.717, 1.165) is 38.8 Å². The van der Waals surface area contributed by atoms with Crippen molar-refractivity contribution in [1.29, 1.82) is 0 Å². The molecule has 27 heavy (non-hydrogen) atoms. The first-order valence-corrected chi connectivity index (χ1v) is 10.2. The Labute approximate surface area is 160 Å². The lowest BCUT2D eigenvalue weighted by molar-refractivity contribution is -0.143. The van der Waals surface area contributed by atoms with Gasteiger partial charge in [0.25, 0.3) is 0 Å². The first-order valence-electron chi connectivity index (χ1n) is 10.2. The molecule has 4 rings (SSSR count). The summed E-state index contributed by atoms with van der Waals surface area (Å²) in [5.41, 5.74) is 2.64. The van der Waals surface area contributed by atoms with Gasteiger partial charge in [-0.1, -0.05) is 31.0 Å². The van der Waals surface area contributed by atoms with Gasteiger partial charge < -0.3 is 15.3 Å². The number of carbonyl (C=O) groups excluding carboxylic acids is 1. The Kier molecular flexibility index (Phi) is 5.34. The summed E-state index contributed by atoms with van der Waals surface area (Å²) in [5.74, 6) is -0.403. The quantitative estimate of drug-likeness (QED) is 0.799. The molecule has 6 nitrogen and oxygen atoms in total. The molecule has 3 atom stereocenters. The van der Waals surface area contributed by atoms with Crippen molar-refractivity contribution in [2.45, 2.75) is 50.6 Å². The van der Waals surface area contributed by atoms with Gasteiger partial charge in [0.15, 0.2) is 0 Å². The fourth-order valence-electron chi connectivity index (χ4n) is 5.21. The number of carboxylic acids is 1. The summed E-state index contributed by atoms with van der Waals surface area (Å²) in [6.45, 7) is 2.57. The van der Waals surface area contributed by atoms with Gasteiger partial charge in [0.1, 0.15) is 6.04 Å². The van der Waals surface area contributed by atoms with Crippen LogP contribution in [-0.2, 0) is 16.0 Å². The number of anilines is 1. The molecule has 3 unspecified atom stereocenters. The zero-order chi connectivity index (χ0) is 18.8. The average molecular weight is 371 g/mol. The van der Waals surface area contributed by atoms with Crippen LogP contribution in [0, 0.1) is 5.92 Å². The maximum absolute atomic E-state index is 12.5. The molecule has 1 saturated carbocycles. The highest BCUT2D eigenvalue weighted by Gasteiger charge is 2.45. The van der Waals surface area contributed by atoms with Gasteiger partial charge in [0.05, 0.1) is 6.54 Å². The predicted molar refractivity (Wildman–Crippen MR) is 104 cm³/mol. The van der Waals surface area contributed by atoms with Gasteiger partial charge in [-0.25, -0.2) is 0 Å². The normalized spacial score (nSPS) is 27.3. The lowest BCUT2D eigenvalue weighted by Crippen LogP contribution is -2.48. The second-order valence-electron chi connectivity index (χ2n) is 8.09. The molecule has 146 valence electrons. The summed E-state index contributed by atoms with van der Waals surface area (Å²) >= 11 is 0. The molecule has 1 aliphatic carbocycles. The monoisotopic (exact) mass is 371 g/mol. The Bertz CT molecular complexity index is 708. The van der Waals surface area contributed by atoms with E-state index < -0.39 is 12.0 Å². The Morgan fingerprint density at radius 2 is 2.00 bits per heavy atom.